The van der Waals surface area contributed by atoms with Gasteiger partial charge in [0.1, 0.15) is 0 Å². The lowest BCUT2D eigenvalue weighted by molar-refractivity contribution is -0.119. The fourth-order valence-corrected chi connectivity index (χ4v) is 3.18. The summed E-state index contributed by atoms with van der Waals surface area (Å²) in [6, 6.07) is 4.03. The summed E-state index contributed by atoms with van der Waals surface area (Å²) >= 11 is 3.25. The third-order valence-electron chi connectivity index (χ3n) is 2.39. The van der Waals surface area contributed by atoms with Gasteiger partial charge >= 0.3 is 0 Å². The van der Waals surface area contributed by atoms with Crippen LogP contribution >= 0.6 is 23.1 Å². The number of hydrogen-bond donors (Lipinski definition) is 1. The topological polar surface area (TPSA) is 38.3 Å². The average molecular weight is 257 g/mol. The van der Waals surface area contributed by atoms with Gasteiger partial charge in [-0.25, -0.2) is 0 Å². The molecule has 1 amide bonds. The second-order valence-corrected chi connectivity index (χ2v) is 5.88. The molecule has 1 aliphatic heterocycles. The second kappa shape index (κ2) is 6.27. The second-order valence-electron chi connectivity index (χ2n) is 3.66. The van der Waals surface area contributed by atoms with Crippen molar-refractivity contribution in [2.75, 3.05) is 18.9 Å². The van der Waals surface area contributed by atoms with Gasteiger partial charge in [-0.15, -0.1) is 23.1 Å². The maximum Gasteiger partial charge on any atom is 0.230 e. The van der Waals surface area contributed by atoms with Crippen LogP contribution in [-0.4, -0.2) is 30.9 Å². The molecular weight excluding hydrogens is 242 g/mol. The number of nitrogens with one attached hydrogen (secondary N) is 1. The Bertz CT molecular complexity index is 321. The molecule has 0 unspecified atom stereocenters. The van der Waals surface area contributed by atoms with Crippen molar-refractivity contribution in [1.29, 1.82) is 0 Å². The van der Waals surface area contributed by atoms with E-state index in [-0.39, 0.29) is 12.0 Å². The lowest BCUT2D eigenvalue weighted by Gasteiger charge is -2.10. The molecule has 1 N–H and O–H groups in total. The van der Waals surface area contributed by atoms with Crippen LogP contribution in [0.3, 0.4) is 0 Å². The molecule has 0 aliphatic carbocycles. The van der Waals surface area contributed by atoms with Crippen LogP contribution in [0.25, 0.3) is 0 Å². The molecule has 2 heterocycles. The van der Waals surface area contributed by atoms with E-state index in [9.17, 15) is 4.79 Å². The highest BCUT2D eigenvalue weighted by Crippen LogP contribution is 2.22. The fraction of sp³-hybridized carbons (Fsp3) is 0.545. The summed E-state index contributed by atoms with van der Waals surface area (Å²) in [5.74, 6) is 0.585. The number of rotatable bonds is 5. The Morgan fingerprint density at radius 1 is 1.69 bits per heavy atom. The monoisotopic (exact) mass is 257 g/mol. The van der Waals surface area contributed by atoms with E-state index in [4.69, 9.17) is 4.74 Å². The number of amides is 1. The van der Waals surface area contributed by atoms with Crippen molar-refractivity contribution in [1.82, 2.24) is 5.32 Å². The van der Waals surface area contributed by atoms with Crippen LogP contribution in [0.2, 0.25) is 0 Å². The van der Waals surface area contributed by atoms with Gasteiger partial charge < -0.3 is 10.1 Å². The van der Waals surface area contributed by atoms with Crippen LogP contribution in [0.15, 0.2) is 21.7 Å². The summed E-state index contributed by atoms with van der Waals surface area (Å²) < 4.78 is 6.62. The molecule has 1 fully saturated rings. The molecular formula is C11H15NO2S2. The molecule has 0 spiro atoms. The lowest BCUT2D eigenvalue weighted by Crippen LogP contribution is -2.32. The SMILES string of the molecule is O=C(CSc1cccs1)NC[C@H]1CCCO1. The average Bonchev–Trinajstić information content (AvgIpc) is 2.96. The van der Waals surface area contributed by atoms with Gasteiger partial charge in [0.15, 0.2) is 0 Å². The summed E-state index contributed by atoms with van der Waals surface area (Å²) in [6.07, 6.45) is 2.42. The maximum atomic E-state index is 11.5. The Labute approximate surface area is 104 Å². The van der Waals surface area contributed by atoms with Gasteiger partial charge in [-0.2, -0.15) is 0 Å². The van der Waals surface area contributed by atoms with Crippen LogP contribution in [0.5, 0.6) is 0 Å². The quantitative estimate of drug-likeness (QED) is 0.821. The normalized spacial score (nSPS) is 19.9. The number of thiophene rings is 1. The molecule has 2 rings (SSSR count). The van der Waals surface area contributed by atoms with Crippen molar-refractivity contribution in [3.63, 3.8) is 0 Å². The summed E-state index contributed by atoms with van der Waals surface area (Å²) in [6.45, 7) is 1.49. The summed E-state index contributed by atoms with van der Waals surface area (Å²) in [7, 11) is 0. The Hall–Kier alpha value is -0.520. The largest absolute Gasteiger partial charge is 0.376 e. The van der Waals surface area contributed by atoms with Crippen LogP contribution in [0.1, 0.15) is 12.8 Å². The van der Waals surface area contributed by atoms with Crippen LogP contribution in [0, 0.1) is 0 Å². The maximum absolute atomic E-state index is 11.5. The van der Waals surface area contributed by atoms with Gasteiger partial charge in [-0.3, -0.25) is 4.79 Å². The number of hydrogen-bond acceptors (Lipinski definition) is 4. The Morgan fingerprint density at radius 3 is 3.31 bits per heavy atom. The zero-order valence-corrected chi connectivity index (χ0v) is 10.6. The molecule has 0 aromatic carbocycles. The molecule has 0 saturated carbocycles. The van der Waals surface area contributed by atoms with Crippen molar-refractivity contribution in [3.8, 4) is 0 Å². The smallest absolute Gasteiger partial charge is 0.230 e. The van der Waals surface area contributed by atoms with Gasteiger partial charge in [-0.1, -0.05) is 6.07 Å². The number of thioether (sulfide) groups is 1. The van der Waals surface area contributed by atoms with E-state index in [1.54, 1.807) is 23.1 Å². The van der Waals surface area contributed by atoms with E-state index in [0.717, 1.165) is 19.4 Å². The molecule has 1 aliphatic rings. The highest BCUT2D eigenvalue weighted by Gasteiger charge is 2.15. The molecule has 16 heavy (non-hydrogen) atoms. The Balaban J connectivity index is 1.60. The number of carbonyl (C=O) groups excluding carboxylic acids is 1. The van der Waals surface area contributed by atoms with Gasteiger partial charge in [-0.05, 0) is 24.3 Å². The molecule has 1 atom stereocenters. The molecule has 0 bridgehead atoms. The van der Waals surface area contributed by atoms with Crippen molar-refractivity contribution >= 4 is 29.0 Å². The molecule has 3 nitrogen and oxygen atoms in total. The van der Waals surface area contributed by atoms with E-state index >= 15 is 0 Å². The fourth-order valence-electron chi connectivity index (χ4n) is 1.57. The van der Waals surface area contributed by atoms with Crippen LogP contribution in [0.4, 0.5) is 0 Å². The van der Waals surface area contributed by atoms with E-state index in [1.165, 1.54) is 4.21 Å². The van der Waals surface area contributed by atoms with Gasteiger partial charge in [0.25, 0.3) is 0 Å². The first-order valence-electron chi connectivity index (χ1n) is 5.39. The van der Waals surface area contributed by atoms with Crippen molar-refractivity contribution in [2.24, 2.45) is 0 Å². The first-order chi connectivity index (χ1) is 7.84. The number of carbonyl (C=O) groups is 1. The van der Waals surface area contributed by atoms with Gasteiger partial charge in [0.05, 0.1) is 16.1 Å². The molecule has 88 valence electrons. The minimum atomic E-state index is 0.0916. The lowest BCUT2D eigenvalue weighted by atomic mass is 10.2. The van der Waals surface area contributed by atoms with Gasteiger partial charge in [0, 0.05) is 13.2 Å². The van der Waals surface area contributed by atoms with Crippen molar-refractivity contribution < 1.29 is 9.53 Å². The summed E-state index contributed by atoms with van der Waals surface area (Å²) in [4.78, 5) is 11.5. The standard InChI is InChI=1S/C11H15NO2S2/c13-10(8-16-11-4-2-6-15-11)12-7-9-3-1-5-14-9/h2,4,6,9H,1,3,5,7-8H2,(H,12,13)/t9-/m1/s1. The zero-order valence-electron chi connectivity index (χ0n) is 8.98. The van der Waals surface area contributed by atoms with Crippen molar-refractivity contribution in [2.45, 2.75) is 23.2 Å². The molecule has 1 aromatic heterocycles. The molecule has 0 radical (unpaired) electrons. The molecule has 1 saturated heterocycles. The molecule has 5 heteroatoms. The molecule has 1 aromatic rings. The summed E-state index contributed by atoms with van der Waals surface area (Å²) in [5.41, 5.74) is 0. The van der Waals surface area contributed by atoms with Crippen LogP contribution < -0.4 is 5.32 Å². The highest BCUT2D eigenvalue weighted by molar-refractivity contribution is 8.01. The minimum absolute atomic E-state index is 0.0916. The van der Waals surface area contributed by atoms with Crippen LogP contribution in [-0.2, 0) is 9.53 Å². The van der Waals surface area contributed by atoms with E-state index in [0.29, 0.717) is 12.3 Å². The van der Waals surface area contributed by atoms with Crippen molar-refractivity contribution in [3.05, 3.63) is 17.5 Å². The highest BCUT2D eigenvalue weighted by atomic mass is 32.2. The predicted molar refractivity (Wildman–Crippen MR) is 67.0 cm³/mol. The third kappa shape index (κ3) is 3.81. The van der Waals surface area contributed by atoms with E-state index in [1.807, 2.05) is 17.5 Å². The zero-order chi connectivity index (χ0) is 11.2. The van der Waals surface area contributed by atoms with E-state index < -0.39 is 0 Å². The van der Waals surface area contributed by atoms with Gasteiger partial charge in [0.2, 0.25) is 5.91 Å². The predicted octanol–water partition coefficient (Wildman–Crippen LogP) is 2.14. The first kappa shape index (κ1) is 12.0. The first-order valence-corrected chi connectivity index (χ1v) is 7.26. The number of ether oxygens (including phenoxy) is 1. The van der Waals surface area contributed by atoms with E-state index in [2.05, 4.69) is 5.32 Å². The Morgan fingerprint density at radius 2 is 2.62 bits per heavy atom. The minimum Gasteiger partial charge on any atom is -0.376 e. The Kier molecular flexibility index (Phi) is 4.69. The summed E-state index contributed by atoms with van der Waals surface area (Å²) in [5, 5.41) is 4.93. The third-order valence-corrected chi connectivity index (χ3v) is 4.52.